The molecule has 7 heteroatoms. The number of benzene rings is 1. The molecule has 2 aromatic rings. The third kappa shape index (κ3) is 3.41. The fourth-order valence-electron chi connectivity index (χ4n) is 1.61. The number of aryl methyl sites for hydroxylation is 1. The van der Waals surface area contributed by atoms with E-state index in [-0.39, 0.29) is 30.1 Å². The average molecular weight is 276 g/mol. The minimum absolute atomic E-state index is 0.0382. The maximum Gasteiger partial charge on any atom is 0.266 e. The summed E-state index contributed by atoms with van der Waals surface area (Å²) in [6, 6.07) is 6.82. The van der Waals surface area contributed by atoms with Gasteiger partial charge in [-0.1, -0.05) is 0 Å². The smallest absolute Gasteiger partial charge is 0.266 e. The second-order valence-corrected chi connectivity index (χ2v) is 4.12. The van der Waals surface area contributed by atoms with Crippen molar-refractivity contribution in [1.82, 2.24) is 9.78 Å². The van der Waals surface area contributed by atoms with E-state index in [1.165, 1.54) is 41.2 Å². The lowest BCUT2D eigenvalue weighted by molar-refractivity contribution is -0.116. The first-order chi connectivity index (χ1) is 9.56. The molecule has 1 amide bonds. The third-order valence-electron chi connectivity index (χ3n) is 2.62. The van der Waals surface area contributed by atoms with Crippen LogP contribution in [0.5, 0.6) is 0 Å². The number of amides is 1. The number of nitrogen functional groups attached to an aromatic ring is 1. The van der Waals surface area contributed by atoms with Crippen LogP contribution >= 0.6 is 0 Å². The van der Waals surface area contributed by atoms with E-state index in [0.29, 0.717) is 5.69 Å². The first-order valence-electron chi connectivity index (χ1n) is 5.93. The van der Waals surface area contributed by atoms with E-state index >= 15 is 0 Å². The van der Waals surface area contributed by atoms with Crippen LogP contribution in [0.1, 0.15) is 6.42 Å². The number of halogens is 1. The van der Waals surface area contributed by atoms with Gasteiger partial charge in [0.2, 0.25) is 5.91 Å². The summed E-state index contributed by atoms with van der Waals surface area (Å²) in [5.74, 6) is -0.850. The van der Waals surface area contributed by atoms with Crippen molar-refractivity contribution < 1.29 is 9.18 Å². The minimum atomic E-state index is -0.539. The lowest BCUT2D eigenvalue weighted by Crippen LogP contribution is -2.24. The molecule has 0 aliphatic rings. The van der Waals surface area contributed by atoms with E-state index in [4.69, 9.17) is 5.73 Å². The monoisotopic (exact) mass is 276 g/mol. The Bertz CT molecular complexity index is 684. The van der Waals surface area contributed by atoms with Crippen LogP contribution in [0.4, 0.5) is 15.8 Å². The highest BCUT2D eigenvalue weighted by molar-refractivity contribution is 5.91. The predicted octanol–water partition coefficient (Wildman–Crippen LogP) is 0.993. The van der Waals surface area contributed by atoms with Crippen molar-refractivity contribution in [3.8, 4) is 0 Å². The molecule has 1 heterocycles. The molecule has 6 nitrogen and oxygen atoms in total. The van der Waals surface area contributed by atoms with E-state index in [2.05, 4.69) is 10.4 Å². The standard InChI is InChI=1S/C13H13FN4O2/c14-10-4-3-9(8-11(10)15)17-12(19)5-7-18-13(20)2-1-6-16-18/h1-4,6,8H,5,7,15H2,(H,17,19). The van der Waals surface area contributed by atoms with E-state index in [1.807, 2.05) is 0 Å². The largest absolute Gasteiger partial charge is 0.396 e. The molecule has 0 radical (unpaired) electrons. The lowest BCUT2D eigenvalue weighted by atomic mass is 10.2. The molecule has 104 valence electrons. The van der Waals surface area contributed by atoms with E-state index in [9.17, 15) is 14.0 Å². The van der Waals surface area contributed by atoms with Crippen LogP contribution in [0.3, 0.4) is 0 Å². The zero-order valence-corrected chi connectivity index (χ0v) is 10.5. The molecule has 1 aromatic heterocycles. The molecule has 1 aromatic carbocycles. The fraction of sp³-hybridized carbons (Fsp3) is 0.154. The van der Waals surface area contributed by atoms with Crippen LogP contribution in [0.2, 0.25) is 0 Å². The molecule has 3 N–H and O–H groups in total. The van der Waals surface area contributed by atoms with Gasteiger partial charge in [-0.05, 0) is 24.3 Å². The summed E-state index contributed by atoms with van der Waals surface area (Å²) in [7, 11) is 0. The summed E-state index contributed by atoms with van der Waals surface area (Å²) in [5, 5.41) is 6.41. The zero-order valence-electron chi connectivity index (χ0n) is 10.5. The Morgan fingerprint density at radius 3 is 2.90 bits per heavy atom. The molecule has 20 heavy (non-hydrogen) atoms. The molecule has 0 aliphatic carbocycles. The summed E-state index contributed by atoms with van der Waals surface area (Å²) >= 11 is 0. The quantitative estimate of drug-likeness (QED) is 0.815. The molecular weight excluding hydrogens is 263 g/mol. The minimum Gasteiger partial charge on any atom is -0.396 e. The first kappa shape index (κ1) is 13.7. The van der Waals surface area contributed by atoms with E-state index < -0.39 is 5.82 Å². The van der Waals surface area contributed by atoms with Crippen molar-refractivity contribution >= 4 is 17.3 Å². The van der Waals surface area contributed by atoms with Crippen molar-refractivity contribution in [2.45, 2.75) is 13.0 Å². The van der Waals surface area contributed by atoms with Gasteiger partial charge < -0.3 is 11.1 Å². The topological polar surface area (TPSA) is 90.0 Å². The number of anilines is 2. The molecule has 0 atom stereocenters. The second kappa shape index (κ2) is 5.96. The highest BCUT2D eigenvalue weighted by Crippen LogP contribution is 2.16. The van der Waals surface area contributed by atoms with Gasteiger partial charge in [0.05, 0.1) is 12.2 Å². The first-order valence-corrected chi connectivity index (χ1v) is 5.93. The molecule has 0 aliphatic heterocycles. The van der Waals surface area contributed by atoms with Gasteiger partial charge in [0.25, 0.3) is 5.56 Å². The number of carbonyl (C=O) groups excluding carboxylic acids is 1. The van der Waals surface area contributed by atoms with Crippen molar-refractivity contribution in [3.05, 3.63) is 52.7 Å². The van der Waals surface area contributed by atoms with Gasteiger partial charge in [-0.25, -0.2) is 9.07 Å². The molecule has 0 bridgehead atoms. The van der Waals surface area contributed by atoms with Crippen LogP contribution in [-0.4, -0.2) is 15.7 Å². The summed E-state index contributed by atoms with van der Waals surface area (Å²) in [6.07, 6.45) is 1.55. The Morgan fingerprint density at radius 2 is 2.20 bits per heavy atom. The highest BCUT2D eigenvalue weighted by Gasteiger charge is 2.06. The molecule has 0 saturated heterocycles. The number of hydrogen-bond donors (Lipinski definition) is 2. The molecule has 0 fully saturated rings. The molecule has 0 saturated carbocycles. The van der Waals surface area contributed by atoms with Gasteiger partial charge >= 0.3 is 0 Å². The number of hydrogen-bond acceptors (Lipinski definition) is 4. The third-order valence-corrected chi connectivity index (χ3v) is 2.62. The maximum atomic E-state index is 13.0. The summed E-state index contributed by atoms with van der Waals surface area (Å²) in [4.78, 5) is 23.1. The SMILES string of the molecule is Nc1cc(NC(=O)CCn2ncccc2=O)ccc1F. The zero-order chi connectivity index (χ0) is 14.5. The van der Waals surface area contributed by atoms with Crippen LogP contribution < -0.4 is 16.6 Å². The molecule has 0 unspecified atom stereocenters. The van der Waals surface area contributed by atoms with Crippen molar-refractivity contribution in [2.75, 3.05) is 11.1 Å². The van der Waals surface area contributed by atoms with Crippen LogP contribution in [0.15, 0.2) is 41.3 Å². The maximum absolute atomic E-state index is 13.0. The normalized spacial score (nSPS) is 10.2. The van der Waals surface area contributed by atoms with E-state index in [1.54, 1.807) is 0 Å². The number of aromatic nitrogens is 2. The van der Waals surface area contributed by atoms with Gasteiger partial charge in [-0.3, -0.25) is 9.59 Å². The van der Waals surface area contributed by atoms with Crippen LogP contribution in [0.25, 0.3) is 0 Å². The van der Waals surface area contributed by atoms with Crippen molar-refractivity contribution in [2.24, 2.45) is 0 Å². The lowest BCUT2D eigenvalue weighted by Gasteiger charge is -2.07. The Hall–Kier alpha value is -2.70. The summed E-state index contributed by atoms with van der Waals surface area (Å²) in [5.41, 5.74) is 5.49. The second-order valence-electron chi connectivity index (χ2n) is 4.12. The molecule has 0 spiro atoms. The predicted molar refractivity (Wildman–Crippen MR) is 72.6 cm³/mol. The van der Waals surface area contributed by atoms with Crippen LogP contribution in [-0.2, 0) is 11.3 Å². The summed E-state index contributed by atoms with van der Waals surface area (Å²) in [6.45, 7) is 0.169. The van der Waals surface area contributed by atoms with Crippen LogP contribution in [0, 0.1) is 5.82 Å². The van der Waals surface area contributed by atoms with Gasteiger partial charge in [-0.15, -0.1) is 0 Å². The summed E-state index contributed by atoms with van der Waals surface area (Å²) < 4.78 is 14.2. The van der Waals surface area contributed by atoms with Gasteiger partial charge in [0, 0.05) is 24.4 Å². The number of nitrogens with two attached hydrogens (primary N) is 1. The Balaban J connectivity index is 1.94. The highest BCUT2D eigenvalue weighted by atomic mass is 19.1. The van der Waals surface area contributed by atoms with Gasteiger partial charge in [0.1, 0.15) is 5.82 Å². The van der Waals surface area contributed by atoms with Gasteiger partial charge in [-0.2, -0.15) is 5.10 Å². The fourth-order valence-corrected chi connectivity index (χ4v) is 1.61. The number of carbonyl (C=O) groups is 1. The van der Waals surface area contributed by atoms with Gasteiger partial charge in [0.15, 0.2) is 0 Å². The number of nitrogens with one attached hydrogen (secondary N) is 1. The molecule has 2 rings (SSSR count). The Morgan fingerprint density at radius 1 is 1.40 bits per heavy atom. The van der Waals surface area contributed by atoms with E-state index in [0.717, 1.165) is 0 Å². The number of rotatable bonds is 4. The van der Waals surface area contributed by atoms with Crippen molar-refractivity contribution in [3.63, 3.8) is 0 Å². The van der Waals surface area contributed by atoms with Crippen molar-refractivity contribution in [1.29, 1.82) is 0 Å². The Labute approximate surface area is 114 Å². The number of nitrogens with zero attached hydrogens (tertiary/aromatic N) is 2. The molecular formula is C13H13FN4O2. The Kier molecular flexibility index (Phi) is 4.09. The average Bonchev–Trinajstić information content (AvgIpc) is 2.42.